The highest BCUT2D eigenvalue weighted by Gasteiger charge is 2.16. The van der Waals surface area contributed by atoms with Crippen molar-refractivity contribution in [2.75, 3.05) is 0 Å². The highest BCUT2D eigenvalue weighted by atomic mass is 32.1. The maximum Gasteiger partial charge on any atom is 0.365 e. The highest BCUT2D eigenvalue weighted by Crippen LogP contribution is 2.14. The highest BCUT2D eigenvalue weighted by molar-refractivity contribution is 7.15. The third-order valence-electron chi connectivity index (χ3n) is 2.41. The molecule has 19 heavy (non-hydrogen) atoms. The summed E-state index contributed by atoms with van der Waals surface area (Å²) in [6.45, 7) is 1.91. The van der Waals surface area contributed by atoms with Crippen molar-refractivity contribution >= 4 is 34.6 Å². The number of aromatic nitrogens is 1. The molecular formula is C12H12N2O3S2. The molecule has 0 aromatic carbocycles. The van der Waals surface area contributed by atoms with Gasteiger partial charge in [-0.2, -0.15) is 11.3 Å². The van der Waals surface area contributed by atoms with Gasteiger partial charge in [0, 0.05) is 6.04 Å². The Kier molecular flexibility index (Phi) is 4.28. The molecule has 2 rings (SSSR count). The van der Waals surface area contributed by atoms with Crippen LogP contribution in [0.15, 0.2) is 23.0 Å². The minimum atomic E-state index is -1.12. The summed E-state index contributed by atoms with van der Waals surface area (Å²) in [5.74, 6) is -1.40. The minimum absolute atomic E-state index is 0.0162. The fourth-order valence-electron chi connectivity index (χ4n) is 1.59. The van der Waals surface area contributed by atoms with Crippen molar-refractivity contribution in [3.8, 4) is 0 Å². The number of nitrogens with one attached hydrogen (secondary N) is 1. The van der Waals surface area contributed by atoms with Crippen LogP contribution in [-0.2, 0) is 6.42 Å². The Morgan fingerprint density at radius 1 is 1.53 bits per heavy atom. The normalized spacial score (nSPS) is 12.1. The molecule has 0 fully saturated rings. The molecule has 2 aromatic heterocycles. The summed E-state index contributed by atoms with van der Waals surface area (Å²) in [6, 6.07) is 2.00. The lowest BCUT2D eigenvalue weighted by atomic mass is 10.1. The van der Waals surface area contributed by atoms with Crippen LogP contribution in [-0.4, -0.2) is 28.0 Å². The second-order valence-electron chi connectivity index (χ2n) is 4.05. The van der Waals surface area contributed by atoms with Gasteiger partial charge >= 0.3 is 5.97 Å². The summed E-state index contributed by atoms with van der Waals surface area (Å²) in [5, 5.41) is 15.5. The Labute approximate surface area is 117 Å². The molecule has 1 unspecified atom stereocenters. The SMILES string of the molecule is CC(Cc1ccsc1)NC(=O)c1cnc(C(=O)O)s1. The van der Waals surface area contributed by atoms with Crippen molar-refractivity contribution in [3.63, 3.8) is 0 Å². The molecule has 2 aromatic rings. The second kappa shape index (κ2) is 5.94. The fourth-order valence-corrected chi connectivity index (χ4v) is 2.93. The van der Waals surface area contributed by atoms with E-state index in [1.807, 2.05) is 23.8 Å². The Balaban J connectivity index is 1.94. The number of carbonyl (C=O) groups excluding carboxylic acids is 1. The van der Waals surface area contributed by atoms with E-state index in [0.29, 0.717) is 4.88 Å². The van der Waals surface area contributed by atoms with Crippen LogP contribution in [0.4, 0.5) is 0 Å². The van der Waals surface area contributed by atoms with Gasteiger partial charge in [0.15, 0.2) is 0 Å². The molecule has 0 spiro atoms. The number of thiophene rings is 1. The van der Waals surface area contributed by atoms with Gasteiger partial charge < -0.3 is 10.4 Å². The zero-order chi connectivity index (χ0) is 13.8. The van der Waals surface area contributed by atoms with Crippen molar-refractivity contribution in [1.29, 1.82) is 0 Å². The molecule has 0 radical (unpaired) electrons. The van der Waals surface area contributed by atoms with Crippen LogP contribution in [0.25, 0.3) is 0 Å². The number of hydrogen-bond acceptors (Lipinski definition) is 5. The number of thiazole rings is 1. The molecule has 0 aliphatic carbocycles. The molecule has 0 aliphatic heterocycles. The lowest BCUT2D eigenvalue weighted by Gasteiger charge is -2.11. The third kappa shape index (κ3) is 3.62. The second-order valence-corrected chi connectivity index (χ2v) is 5.86. The van der Waals surface area contributed by atoms with E-state index in [0.717, 1.165) is 17.8 Å². The van der Waals surface area contributed by atoms with E-state index in [1.54, 1.807) is 11.3 Å². The molecule has 2 N–H and O–H groups in total. The van der Waals surface area contributed by atoms with Crippen LogP contribution in [0, 0.1) is 0 Å². The number of nitrogens with zero attached hydrogens (tertiary/aromatic N) is 1. The molecular weight excluding hydrogens is 284 g/mol. The number of hydrogen-bond donors (Lipinski definition) is 2. The van der Waals surface area contributed by atoms with Gasteiger partial charge in [-0.05, 0) is 35.7 Å². The molecule has 0 saturated carbocycles. The zero-order valence-corrected chi connectivity index (χ0v) is 11.8. The summed E-state index contributed by atoms with van der Waals surface area (Å²) in [7, 11) is 0. The van der Waals surface area contributed by atoms with E-state index >= 15 is 0 Å². The first-order valence-electron chi connectivity index (χ1n) is 5.57. The van der Waals surface area contributed by atoms with E-state index < -0.39 is 5.97 Å². The lowest BCUT2D eigenvalue weighted by Crippen LogP contribution is -2.33. The van der Waals surface area contributed by atoms with Crippen molar-refractivity contribution in [3.05, 3.63) is 38.5 Å². The Morgan fingerprint density at radius 2 is 2.32 bits per heavy atom. The van der Waals surface area contributed by atoms with E-state index in [1.165, 1.54) is 11.8 Å². The minimum Gasteiger partial charge on any atom is -0.476 e. The molecule has 1 amide bonds. The Morgan fingerprint density at radius 3 is 2.89 bits per heavy atom. The summed E-state index contributed by atoms with van der Waals surface area (Å²) in [4.78, 5) is 26.6. The van der Waals surface area contributed by atoms with Gasteiger partial charge in [-0.15, -0.1) is 11.3 Å². The van der Waals surface area contributed by atoms with Crippen LogP contribution < -0.4 is 5.32 Å². The van der Waals surface area contributed by atoms with Gasteiger partial charge in [-0.1, -0.05) is 0 Å². The summed E-state index contributed by atoms with van der Waals surface area (Å²) >= 11 is 2.50. The summed E-state index contributed by atoms with van der Waals surface area (Å²) in [5.41, 5.74) is 1.17. The first-order valence-corrected chi connectivity index (χ1v) is 7.33. The summed E-state index contributed by atoms with van der Waals surface area (Å²) < 4.78 is 0. The Hall–Kier alpha value is -1.73. The molecule has 2 heterocycles. The van der Waals surface area contributed by atoms with Gasteiger partial charge in [0.25, 0.3) is 5.91 Å². The van der Waals surface area contributed by atoms with Crippen molar-refractivity contribution < 1.29 is 14.7 Å². The molecule has 0 bridgehead atoms. The molecule has 1 atom stereocenters. The molecule has 100 valence electrons. The first-order chi connectivity index (χ1) is 9.06. The van der Waals surface area contributed by atoms with Gasteiger partial charge in [-0.25, -0.2) is 9.78 Å². The fraction of sp³-hybridized carbons (Fsp3) is 0.250. The maximum atomic E-state index is 11.9. The van der Waals surface area contributed by atoms with Crippen LogP contribution in [0.5, 0.6) is 0 Å². The first kappa shape index (κ1) is 13.7. The van der Waals surface area contributed by atoms with E-state index in [9.17, 15) is 9.59 Å². The largest absolute Gasteiger partial charge is 0.476 e. The van der Waals surface area contributed by atoms with E-state index in [2.05, 4.69) is 10.3 Å². The summed E-state index contributed by atoms with van der Waals surface area (Å²) in [6.07, 6.45) is 2.04. The van der Waals surface area contributed by atoms with E-state index in [-0.39, 0.29) is 17.0 Å². The molecule has 5 nitrogen and oxygen atoms in total. The molecule has 0 saturated heterocycles. The average molecular weight is 296 g/mol. The van der Waals surface area contributed by atoms with Crippen molar-refractivity contribution in [1.82, 2.24) is 10.3 Å². The topological polar surface area (TPSA) is 79.3 Å². The maximum absolute atomic E-state index is 11.9. The van der Waals surface area contributed by atoms with Crippen LogP contribution in [0.2, 0.25) is 0 Å². The molecule has 7 heteroatoms. The van der Waals surface area contributed by atoms with E-state index in [4.69, 9.17) is 5.11 Å². The van der Waals surface area contributed by atoms with Crippen LogP contribution in [0.1, 0.15) is 32.0 Å². The van der Waals surface area contributed by atoms with Crippen molar-refractivity contribution in [2.24, 2.45) is 0 Å². The van der Waals surface area contributed by atoms with Crippen LogP contribution in [0.3, 0.4) is 0 Å². The number of aromatic carboxylic acids is 1. The Bertz CT molecular complexity index is 578. The number of rotatable bonds is 5. The van der Waals surface area contributed by atoms with Crippen LogP contribution >= 0.6 is 22.7 Å². The number of carboxylic acids is 1. The monoisotopic (exact) mass is 296 g/mol. The quantitative estimate of drug-likeness (QED) is 0.887. The van der Waals surface area contributed by atoms with Gasteiger partial charge in [0.05, 0.1) is 6.20 Å². The van der Waals surface area contributed by atoms with Gasteiger partial charge in [0.1, 0.15) is 4.88 Å². The predicted octanol–water partition coefficient (Wildman–Crippen LogP) is 2.26. The lowest BCUT2D eigenvalue weighted by molar-refractivity contribution is 0.0696. The number of carboxylic acid groups (broad SMARTS) is 1. The third-order valence-corrected chi connectivity index (χ3v) is 4.13. The predicted molar refractivity (Wildman–Crippen MR) is 74.0 cm³/mol. The number of amides is 1. The van der Waals surface area contributed by atoms with Gasteiger partial charge in [0.2, 0.25) is 5.01 Å². The average Bonchev–Trinajstić information content (AvgIpc) is 2.98. The standard InChI is InChI=1S/C12H12N2O3S2/c1-7(4-8-2-3-18-6-8)14-10(15)9-5-13-11(19-9)12(16)17/h2-3,5-7H,4H2,1H3,(H,14,15)(H,16,17). The smallest absolute Gasteiger partial charge is 0.365 e. The van der Waals surface area contributed by atoms with Gasteiger partial charge in [-0.3, -0.25) is 4.79 Å². The zero-order valence-electron chi connectivity index (χ0n) is 10.1. The number of carbonyl (C=O) groups is 2. The molecule has 0 aliphatic rings. The van der Waals surface area contributed by atoms with Crippen molar-refractivity contribution in [2.45, 2.75) is 19.4 Å².